The van der Waals surface area contributed by atoms with Crippen molar-refractivity contribution in [2.45, 2.75) is 0 Å². The summed E-state index contributed by atoms with van der Waals surface area (Å²) in [6.45, 7) is 0. The lowest BCUT2D eigenvalue weighted by molar-refractivity contribution is 0.0698. The molecule has 104 valence electrons. The lowest BCUT2D eigenvalue weighted by atomic mass is 10.1. The number of benzene rings is 2. The van der Waals surface area contributed by atoms with Crippen molar-refractivity contribution in [2.75, 3.05) is 11.1 Å². The van der Waals surface area contributed by atoms with Crippen molar-refractivity contribution in [1.29, 1.82) is 0 Å². The van der Waals surface area contributed by atoms with E-state index in [1.807, 2.05) is 0 Å². The van der Waals surface area contributed by atoms with Crippen molar-refractivity contribution < 1.29 is 23.1 Å². The van der Waals surface area contributed by atoms with Crippen LogP contribution in [0.2, 0.25) is 0 Å². The summed E-state index contributed by atoms with van der Waals surface area (Å²) in [6.07, 6.45) is 0. The molecule has 2 rings (SSSR count). The molecule has 7 heteroatoms. The van der Waals surface area contributed by atoms with Crippen LogP contribution < -0.4 is 11.1 Å². The van der Waals surface area contributed by atoms with Gasteiger partial charge in [-0.15, -0.1) is 0 Å². The van der Waals surface area contributed by atoms with E-state index in [0.29, 0.717) is 12.1 Å². The molecule has 2 aromatic rings. The molecule has 0 saturated heterocycles. The summed E-state index contributed by atoms with van der Waals surface area (Å²) >= 11 is 0. The topological polar surface area (TPSA) is 75.3 Å². The van der Waals surface area contributed by atoms with Gasteiger partial charge in [0.1, 0.15) is 11.5 Å². The van der Waals surface area contributed by atoms with Crippen molar-refractivity contribution in [3.05, 3.63) is 53.3 Å². The van der Waals surface area contributed by atoms with E-state index < -0.39 is 29.1 Å². The highest BCUT2D eigenvalue weighted by Crippen LogP contribution is 2.27. The molecular weight excluding hydrogens is 273 g/mol. The van der Waals surface area contributed by atoms with Crippen molar-refractivity contribution in [1.82, 2.24) is 0 Å². The van der Waals surface area contributed by atoms with Crippen LogP contribution in [0, 0.1) is 17.5 Å². The second-order valence-corrected chi connectivity index (χ2v) is 3.98. The first kappa shape index (κ1) is 13.7. The molecule has 0 aliphatic heterocycles. The van der Waals surface area contributed by atoms with E-state index in [2.05, 4.69) is 5.32 Å². The van der Waals surface area contributed by atoms with Crippen LogP contribution in [0.15, 0.2) is 30.3 Å². The third-order valence-corrected chi connectivity index (χ3v) is 2.54. The third-order valence-electron chi connectivity index (χ3n) is 2.54. The van der Waals surface area contributed by atoms with E-state index in [-0.39, 0.29) is 16.9 Å². The minimum absolute atomic E-state index is 0.0592. The maximum atomic E-state index is 13.5. The van der Waals surface area contributed by atoms with Gasteiger partial charge in [0.15, 0.2) is 11.6 Å². The number of nitrogens with two attached hydrogens (primary N) is 1. The van der Waals surface area contributed by atoms with Gasteiger partial charge in [-0.05, 0) is 18.2 Å². The van der Waals surface area contributed by atoms with Crippen LogP contribution in [0.5, 0.6) is 0 Å². The third kappa shape index (κ3) is 2.66. The van der Waals surface area contributed by atoms with E-state index in [4.69, 9.17) is 10.8 Å². The quantitative estimate of drug-likeness (QED) is 0.756. The smallest absolute Gasteiger partial charge is 0.337 e. The Hall–Kier alpha value is -2.70. The fourth-order valence-electron chi connectivity index (χ4n) is 1.64. The van der Waals surface area contributed by atoms with Gasteiger partial charge in [-0.3, -0.25) is 0 Å². The number of rotatable bonds is 3. The summed E-state index contributed by atoms with van der Waals surface area (Å²) < 4.78 is 39.8. The van der Waals surface area contributed by atoms with Gasteiger partial charge < -0.3 is 16.2 Å². The lowest BCUT2D eigenvalue weighted by Crippen LogP contribution is -2.06. The summed E-state index contributed by atoms with van der Waals surface area (Å²) in [4.78, 5) is 11.0. The molecule has 4 nitrogen and oxygen atoms in total. The molecule has 0 radical (unpaired) electrons. The normalized spacial score (nSPS) is 10.3. The van der Waals surface area contributed by atoms with Gasteiger partial charge in [-0.25, -0.2) is 18.0 Å². The summed E-state index contributed by atoms with van der Waals surface area (Å²) in [7, 11) is 0. The first-order valence-electron chi connectivity index (χ1n) is 5.43. The zero-order valence-corrected chi connectivity index (χ0v) is 9.95. The molecule has 20 heavy (non-hydrogen) atoms. The van der Waals surface area contributed by atoms with E-state index in [1.165, 1.54) is 12.1 Å². The predicted octanol–water partition coefficient (Wildman–Crippen LogP) is 3.13. The number of hydrogen-bond acceptors (Lipinski definition) is 3. The number of carboxylic acids is 1. The van der Waals surface area contributed by atoms with Gasteiger partial charge in [-0.1, -0.05) is 0 Å². The number of carboxylic acid groups (broad SMARTS) is 1. The molecule has 0 aliphatic rings. The van der Waals surface area contributed by atoms with Crippen LogP contribution in [0.25, 0.3) is 0 Å². The minimum Gasteiger partial charge on any atom is -0.478 e. The molecule has 2 aromatic carbocycles. The van der Waals surface area contributed by atoms with E-state index in [0.717, 1.165) is 6.07 Å². The number of nitrogens with one attached hydrogen (secondary N) is 1. The molecule has 0 amide bonds. The largest absolute Gasteiger partial charge is 0.478 e. The zero-order valence-electron chi connectivity index (χ0n) is 9.95. The van der Waals surface area contributed by atoms with Crippen LogP contribution in [-0.2, 0) is 0 Å². The molecule has 0 aromatic heterocycles. The van der Waals surface area contributed by atoms with Gasteiger partial charge in [0.25, 0.3) is 0 Å². The second kappa shape index (κ2) is 5.12. The lowest BCUT2D eigenvalue weighted by Gasteiger charge is -2.12. The maximum absolute atomic E-state index is 13.5. The van der Waals surface area contributed by atoms with Crippen molar-refractivity contribution >= 4 is 23.0 Å². The Bertz CT molecular complexity index is 666. The Morgan fingerprint density at radius 3 is 2.25 bits per heavy atom. The Morgan fingerprint density at radius 1 is 1.10 bits per heavy atom. The monoisotopic (exact) mass is 282 g/mol. The number of carbonyl (C=O) groups is 1. The van der Waals surface area contributed by atoms with Crippen LogP contribution in [0.3, 0.4) is 0 Å². The van der Waals surface area contributed by atoms with Crippen molar-refractivity contribution in [3.63, 3.8) is 0 Å². The summed E-state index contributed by atoms with van der Waals surface area (Å²) in [6, 6.07) is 4.76. The van der Waals surface area contributed by atoms with Gasteiger partial charge in [0.05, 0.1) is 11.3 Å². The number of aromatic carboxylic acids is 1. The summed E-state index contributed by atoms with van der Waals surface area (Å²) in [5, 5.41) is 11.3. The molecule has 0 fully saturated rings. The zero-order chi connectivity index (χ0) is 14.9. The molecule has 0 spiro atoms. The Morgan fingerprint density at radius 2 is 1.70 bits per heavy atom. The fourth-order valence-corrected chi connectivity index (χ4v) is 1.64. The standard InChI is InChI=1S/C13H9F3N2O2/c14-6-3-9(15)12(10(16)4-6)18-11-2-1-7(17)5-8(11)13(19)20/h1-5,18H,17H2,(H,19,20). The van der Waals surface area contributed by atoms with Gasteiger partial charge in [0, 0.05) is 17.8 Å². The van der Waals surface area contributed by atoms with E-state index in [1.54, 1.807) is 0 Å². The molecule has 4 N–H and O–H groups in total. The Kier molecular flexibility index (Phi) is 3.51. The average Bonchev–Trinajstić information content (AvgIpc) is 2.34. The highest BCUT2D eigenvalue weighted by atomic mass is 19.1. The maximum Gasteiger partial charge on any atom is 0.337 e. The van der Waals surface area contributed by atoms with Crippen LogP contribution >= 0.6 is 0 Å². The summed E-state index contributed by atoms with van der Waals surface area (Å²) in [5.74, 6) is -4.73. The SMILES string of the molecule is Nc1ccc(Nc2c(F)cc(F)cc2F)c(C(=O)O)c1. The Balaban J connectivity index is 2.48. The number of halogens is 3. The van der Waals surface area contributed by atoms with E-state index in [9.17, 15) is 18.0 Å². The minimum atomic E-state index is -1.32. The molecule has 0 aliphatic carbocycles. The van der Waals surface area contributed by atoms with Gasteiger partial charge >= 0.3 is 5.97 Å². The fraction of sp³-hybridized carbons (Fsp3) is 0. The number of anilines is 3. The average molecular weight is 282 g/mol. The molecule has 0 heterocycles. The highest BCUT2D eigenvalue weighted by molar-refractivity contribution is 5.96. The van der Waals surface area contributed by atoms with Gasteiger partial charge in [-0.2, -0.15) is 0 Å². The van der Waals surface area contributed by atoms with Crippen LogP contribution in [-0.4, -0.2) is 11.1 Å². The molecule has 0 unspecified atom stereocenters. The number of nitrogen functional groups attached to an aromatic ring is 1. The predicted molar refractivity (Wildman–Crippen MR) is 67.4 cm³/mol. The highest BCUT2D eigenvalue weighted by Gasteiger charge is 2.16. The number of hydrogen-bond donors (Lipinski definition) is 3. The second-order valence-electron chi connectivity index (χ2n) is 3.98. The van der Waals surface area contributed by atoms with E-state index >= 15 is 0 Å². The Labute approximate surface area is 111 Å². The molecular formula is C13H9F3N2O2. The van der Waals surface area contributed by atoms with Crippen LogP contribution in [0.1, 0.15) is 10.4 Å². The van der Waals surface area contributed by atoms with Crippen molar-refractivity contribution in [3.8, 4) is 0 Å². The molecule has 0 bridgehead atoms. The summed E-state index contributed by atoms with van der Waals surface area (Å²) in [5.41, 5.74) is 4.68. The first-order valence-corrected chi connectivity index (χ1v) is 5.43. The van der Waals surface area contributed by atoms with Crippen molar-refractivity contribution in [2.24, 2.45) is 0 Å². The molecule has 0 saturated carbocycles. The first-order chi connectivity index (χ1) is 9.38. The molecule has 0 atom stereocenters. The van der Waals surface area contributed by atoms with Crippen LogP contribution in [0.4, 0.5) is 30.2 Å². The van der Waals surface area contributed by atoms with Gasteiger partial charge in [0.2, 0.25) is 0 Å².